The average Bonchev–Trinajstić information content (AvgIpc) is 2.65. The molecule has 33 heavy (non-hydrogen) atoms. The van der Waals surface area contributed by atoms with E-state index in [9.17, 15) is 72.0 Å². The van der Waals surface area contributed by atoms with Crippen molar-refractivity contribution in [2.24, 2.45) is 0 Å². The van der Waals surface area contributed by atoms with Gasteiger partial charge in [0.25, 0.3) is 0 Å². The minimum absolute atomic E-state index is 0.719. The number of nitro groups is 1. The SMILES string of the molecule is O=C(CCC(F)(F)C(F)(F)C(F)(F)C(F)(F)C(F)(F)C(F)(F)F)Oc1ccccc1[N+](=O)[O-]. The highest BCUT2D eigenvalue weighted by Gasteiger charge is 2.90. The summed E-state index contributed by atoms with van der Waals surface area (Å²) < 4.78 is 173. The molecule has 0 aromatic heterocycles. The first kappa shape index (κ1) is 28.2. The summed E-state index contributed by atoms with van der Waals surface area (Å²) in [6.45, 7) is 0. The predicted molar refractivity (Wildman–Crippen MR) is 78.8 cm³/mol. The van der Waals surface area contributed by atoms with Gasteiger partial charge in [-0.05, 0) is 6.07 Å². The van der Waals surface area contributed by atoms with E-state index in [4.69, 9.17) is 0 Å². The summed E-state index contributed by atoms with van der Waals surface area (Å²) in [4.78, 5) is 21.0. The van der Waals surface area contributed by atoms with Crippen molar-refractivity contribution in [3.05, 3.63) is 34.4 Å². The van der Waals surface area contributed by atoms with Gasteiger partial charge in [0.15, 0.2) is 0 Å². The zero-order chi connectivity index (χ0) is 26.3. The van der Waals surface area contributed by atoms with Gasteiger partial charge in [-0.15, -0.1) is 0 Å². The molecule has 1 rings (SSSR count). The second-order valence-electron chi connectivity index (χ2n) is 6.20. The molecule has 1 aromatic carbocycles. The van der Waals surface area contributed by atoms with Gasteiger partial charge in [0.2, 0.25) is 5.75 Å². The van der Waals surface area contributed by atoms with Crippen LogP contribution in [0.3, 0.4) is 0 Å². The van der Waals surface area contributed by atoms with E-state index in [-0.39, 0.29) is 0 Å². The van der Waals surface area contributed by atoms with Crippen molar-refractivity contribution < 1.29 is 71.5 Å². The fourth-order valence-corrected chi connectivity index (χ4v) is 2.09. The van der Waals surface area contributed by atoms with Gasteiger partial charge in [0.1, 0.15) is 0 Å². The lowest BCUT2D eigenvalue weighted by molar-refractivity contribution is -0.440. The molecule has 0 N–H and O–H groups in total. The maximum absolute atomic E-state index is 13.6. The smallest absolute Gasteiger partial charge is 0.419 e. The first-order chi connectivity index (χ1) is 14.5. The zero-order valence-corrected chi connectivity index (χ0v) is 15.2. The van der Waals surface area contributed by atoms with Crippen molar-refractivity contribution in [2.45, 2.75) is 48.6 Å². The van der Waals surface area contributed by atoms with E-state index in [0.717, 1.165) is 24.3 Å². The number of rotatable bonds is 9. The minimum Gasteiger partial charge on any atom is -0.419 e. The zero-order valence-electron chi connectivity index (χ0n) is 15.2. The number of carbonyl (C=O) groups excluding carboxylic acids is 1. The minimum atomic E-state index is -8.05. The molecular formula is C15H8F13NO4. The van der Waals surface area contributed by atoms with E-state index in [2.05, 4.69) is 4.74 Å². The van der Waals surface area contributed by atoms with Gasteiger partial charge < -0.3 is 4.74 Å². The molecule has 0 spiro atoms. The van der Waals surface area contributed by atoms with E-state index < -0.39 is 71.0 Å². The Balaban J connectivity index is 3.14. The number of benzene rings is 1. The number of hydrogen-bond acceptors (Lipinski definition) is 4. The Bertz CT molecular complexity index is 898. The molecular weight excluding hydrogens is 505 g/mol. The molecule has 0 aliphatic rings. The molecule has 0 fully saturated rings. The number of carbonyl (C=O) groups is 1. The lowest BCUT2D eigenvalue weighted by atomic mass is 9.92. The normalized spacial score (nSPS) is 14.2. The first-order valence-corrected chi connectivity index (χ1v) is 7.94. The maximum atomic E-state index is 13.6. The fraction of sp³-hybridized carbons (Fsp3) is 0.533. The van der Waals surface area contributed by atoms with E-state index in [1.807, 2.05) is 0 Å². The summed E-state index contributed by atoms with van der Waals surface area (Å²) in [5.74, 6) is -40.8. The van der Waals surface area contributed by atoms with E-state index in [1.165, 1.54) is 0 Å². The van der Waals surface area contributed by atoms with Gasteiger partial charge in [-0.2, -0.15) is 57.1 Å². The van der Waals surface area contributed by atoms with Crippen LogP contribution in [0.5, 0.6) is 5.75 Å². The van der Waals surface area contributed by atoms with Crippen LogP contribution in [0.1, 0.15) is 12.8 Å². The summed E-state index contributed by atoms with van der Waals surface area (Å²) in [6, 6.07) is 3.51. The lowest BCUT2D eigenvalue weighted by Gasteiger charge is -2.39. The maximum Gasteiger partial charge on any atom is 0.460 e. The van der Waals surface area contributed by atoms with Crippen LogP contribution in [0, 0.1) is 10.1 Å². The Morgan fingerprint density at radius 2 is 1.24 bits per heavy atom. The van der Waals surface area contributed by atoms with Crippen LogP contribution >= 0.6 is 0 Å². The van der Waals surface area contributed by atoms with E-state index in [0.29, 0.717) is 0 Å². The van der Waals surface area contributed by atoms with Crippen LogP contribution in [0.15, 0.2) is 24.3 Å². The number of ether oxygens (including phenoxy) is 1. The molecule has 5 nitrogen and oxygen atoms in total. The van der Waals surface area contributed by atoms with Crippen molar-refractivity contribution in [1.29, 1.82) is 0 Å². The molecule has 18 heteroatoms. The van der Waals surface area contributed by atoms with Crippen LogP contribution in [-0.4, -0.2) is 46.7 Å². The monoisotopic (exact) mass is 513 g/mol. The molecule has 0 aliphatic carbocycles. The molecule has 0 saturated heterocycles. The van der Waals surface area contributed by atoms with Crippen LogP contribution in [0.4, 0.5) is 62.8 Å². The average molecular weight is 513 g/mol. The van der Waals surface area contributed by atoms with Crippen molar-refractivity contribution in [1.82, 2.24) is 0 Å². The number of esters is 1. The third-order valence-electron chi connectivity index (χ3n) is 3.93. The number of halogens is 13. The lowest BCUT2D eigenvalue weighted by Crippen LogP contribution is -2.70. The first-order valence-electron chi connectivity index (χ1n) is 7.94. The summed E-state index contributed by atoms with van der Waals surface area (Å²) in [6.07, 6.45) is -12.4. The Morgan fingerprint density at radius 3 is 1.70 bits per heavy atom. The largest absolute Gasteiger partial charge is 0.460 e. The van der Waals surface area contributed by atoms with Crippen molar-refractivity contribution in [3.63, 3.8) is 0 Å². The van der Waals surface area contributed by atoms with Gasteiger partial charge in [0, 0.05) is 12.5 Å². The molecule has 0 amide bonds. The second kappa shape index (κ2) is 8.51. The van der Waals surface area contributed by atoms with Gasteiger partial charge >= 0.3 is 47.4 Å². The highest BCUT2D eigenvalue weighted by Crippen LogP contribution is 2.60. The molecule has 0 radical (unpaired) electrons. The van der Waals surface area contributed by atoms with Crippen molar-refractivity contribution in [2.75, 3.05) is 0 Å². The third-order valence-corrected chi connectivity index (χ3v) is 3.93. The summed E-state index contributed by atoms with van der Waals surface area (Å²) >= 11 is 0. The third kappa shape index (κ3) is 4.78. The molecule has 188 valence electrons. The van der Waals surface area contributed by atoms with Crippen LogP contribution in [0.2, 0.25) is 0 Å². The van der Waals surface area contributed by atoms with Crippen LogP contribution in [0.25, 0.3) is 0 Å². The summed E-state index contributed by atoms with van der Waals surface area (Å²) in [5, 5.41) is 10.7. The van der Waals surface area contributed by atoms with Crippen LogP contribution in [-0.2, 0) is 4.79 Å². The number of hydrogen-bond donors (Lipinski definition) is 0. The molecule has 0 aliphatic heterocycles. The van der Waals surface area contributed by atoms with Gasteiger partial charge in [-0.25, -0.2) is 0 Å². The molecule has 0 heterocycles. The van der Waals surface area contributed by atoms with Crippen LogP contribution < -0.4 is 4.74 Å². The van der Waals surface area contributed by atoms with Gasteiger partial charge in [-0.3, -0.25) is 14.9 Å². The Morgan fingerprint density at radius 1 is 0.788 bits per heavy atom. The quantitative estimate of drug-likeness (QED) is 0.133. The Hall–Kier alpha value is -2.82. The molecule has 0 saturated carbocycles. The summed E-state index contributed by atoms with van der Waals surface area (Å²) in [7, 11) is 0. The molecule has 0 atom stereocenters. The van der Waals surface area contributed by atoms with E-state index >= 15 is 0 Å². The molecule has 1 aromatic rings. The van der Waals surface area contributed by atoms with Crippen molar-refractivity contribution in [3.8, 4) is 5.75 Å². The standard InChI is InChI=1S/C15H8F13NO4/c16-10(17,6-5-9(30)33-8-4-2-1-3-7(8)29(31)32)11(18,19)12(20,21)13(22,23)14(24,25)15(26,27)28/h1-4H,5-6H2. The number of alkyl halides is 13. The number of para-hydroxylation sites is 2. The summed E-state index contributed by atoms with van der Waals surface area (Å²) in [5.41, 5.74) is -0.941. The molecule has 0 unspecified atom stereocenters. The van der Waals surface area contributed by atoms with Crippen molar-refractivity contribution >= 4 is 11.7 Å². The topological polar surface area (TPSA) is 69.4 Å². The molecule has 0 bridgehead atoms. The number of nitrogens with zero attached hydrogens (tertiary/aromatic N) is 1. The predicted octanol–water partition coefficient (Wildman–Crippen LogP) is 6.02. The van der Waals surface area contributed by atoms with Gasteiger partial charge in [0.05, 0.1) is 11.3 Å². The fourth-order valence-electron chi connectivity index (χ4n) is 2.09. The van der Waals surface area contributed by atoms with E-state index in [1.54, 1.807) is 0 Å². The Labute approximate surface area is 173 Å². The number of nitro benzene ring substituents is 1. The highest BCUT2D eigenvalue weighted by atomic mass is 19.4. The highest BCUT2D eigenvalue weighted by molar-refractivity contribution is 5.73. The second-order valence-corrected chi connectivity index (χ2v) is 6.20. The Kier molecular flexibility index (Phi) is 7.28. The van der Waals surface area contributed by atoms with Gasteiger partial charge in [-0.1, -0.05) is 12.1 Å².